The fourth-order valence-electron chi connectivity index (χ4n) is 2.17. The second-order valence-corrected chi connectivity index (χ2v) is 4.78. The Balaban J connectivity index is 2.37. The average molecular weight is 216 g/mol. The summed E-state index contributed by atoms with van der Waals surface area (Å²) in [6.07, 6.45) is 3.86. The standard InChI is InChI=1S/C14H20N2/c1-10(2)16(13-6-5-7-13)14-11(3)8-9-12(4)15-14/h8-9,13H,1,5-7H2,2-4H3. The summed E-state index contributed by atoms with van der Waals surface area (Å²) in [6, 6.07) is 4.83. The van der Waals surface area contributed by atoms with Crippen LogP contribution in [0.2, 0.25) is 0 Å². The van der Waals surface area contributed by atoms with Gasteiger partial charge in [-0.3, -0.25) is 0 Å². The number of hydrogen-bond acceptors (Lipinski definition) is 2. The van der Waals surface area contributed by atoms with Gasteiger partial charge < -0.3 is 4.90 Å². The summed E-state index contributed by atoms with van der Waals surface area (Å²) in [4.78, 5) is 6.97. The number of aryl methyl sites for hydroxylation is 2. The zero-order valence-corrected chi connectivity index (χ0v) is 10.5. The van der Waals surface area contributed by atoms with Gasteiger partial charge in [-0.2, -0.15) is 0 Å². The third-order valence-corrected chi connectivity index (χ3v) is 3.29. The van der Waals surface area contributed by atoms with E-state index in [4.69, 9.17) is 0 Å². The van der Waals surface area contributed by atoms with Gasteiger partial charge in [0.1, 0.15) is 5.82 Å². The van der Waals surface area contributed by atoms with E-state index in [0.29, 0.717) is 6.04 Å². The quantitative estimate of drug-likeness (QED) is 0.767. The van der Waals surface area contributed by atoms with E-state index in [1.165, 1.54) is 24.8 Å². The monoisotopic (exact) mass is 216 g/mol. The van der Waals surface area contributed by atoms with Crippen molar-refractivity contribution in [3.63, 3.8) is 0 Å². The normalized spacial score (nSPS) is 15.7. The molecule has 1 aliphatic carbocycles. The van der Waals surface area contributed by atoms with E-state index in [1.54, 1.807) is 0 Å². The number of rotatable bonds is 3. The minimum absolute atomic E-state index is 0.616. The van der Waals surface area contributed by atoms with E-state index in [9.17, 15) is 0 Å². The first-order valence-electron chi connectivity index (χ1n) is 5.98. The predicted octanol–water partition coefficient (Wildman–Crippen LogP) is 3.59. The molecule has 0 aromatic carbocycles. The van der Waals surface area contributed by atoms with Crippen LogP contribution in [0.15, 0.2) is 24.4 Å². The molecule has 1 aromatic heterocycles. The molecule has 0 unspecified atom stereocenters. The molecule has 86 valence electrons. The van der Waals surface area contributed by atoms with Crippen LogP contribution in [-0.4, -0.2) is 11.0 Å². The number of hydrogen-bond donors (Lipinski definition) is 0. The van der Waals surface area contributed by atoms with Gasteiger partial charge in [0.25, 0.3) is 0 Å². The summed E-state index contributed by atoms with van der Waals surface area (Å²) in [5, 5.41) is 0. The Morgan fingerprint density at radius 1 is 1.38 bits per heavy atom. The highest BCUT2D eigenvalue weighted by molar-refractivity contribution is 5.53. The Hall–Kier alpha value is -1.31. The fraction of sp³-hybridized carbons (Fsp3) is 0.500. The van der Waals surface area contributed by atoms with Crippen molar-refractivity contribution in [1.82, 2.24) is 4.98 Å². The minimum atomic E-state index is 0.616. The lowest BCUT2D eigenvalue weighted by Crippen LogP contribution is -2.39. The lowest BCUT2D eigenvalue weighted by molar-refractivity contribution is 0.401. The van der Waals surface area contributed by atoms with Crippen molar-refractivity contribution in [2.24, 2.45) is 0 Å². The first-order valence-corrected chi connectivity index (χ1v) is 5.98. The highest BCUT2D eigenvalue weighted by Gasteiger charge is 2.27. The molecule has 0 radical (unpaired) electrons. The summed E-state index contributed by atoms with van der Waals surface area (Å²) in [5.41, 5.74) is 3.41. The molecule has 0 spiro atoms. The van der Waals surface area contributed by atoms with Gasteiger partial charge in [-0.25, -0.2) is 4.98 Å². The molecule has 1 fully saturated rings. The Labute approximate surface area is 98.0 Å². The Morgan fingerprint density at radius 2 is 2.06 bits per heavy atom. The first-order chi connectivity index (χ1) is 7.59. The van der Waals surface area contributed by atoms with Crippen molar-refractivity contribution in [3.05, 3.63) is 35.7 Å². The van der Waals surface area contributed by atoms with Crippen LogP contribution in [0.25, 0.3) is 0 Å². The maximum Gasteiger partial charge on any atom is 0.136 e. The third-order valence-electron chi connectivity index (χ3n) is 3.29. The maximum absolute atomic E-state index is 4.66. The van der Waals surface area contributed by atoms with Crippen LogP contribution in [0.1, 0.15) is 37.4 Å². The molecule has 0 N–H and O–H groups in total. The minimum Gasteiger partial charge on any atom is -0.328 e. The van der Waals surface area contributed by atoms with Gasteiger partial charge in [-0.1, -0.05) is 12.6 Å². The second kappa shape index (κ2) is 4.28. The van der Waals surface area contributed by atoms with E-state index in [1.807, 2.05) is 6.92 Å². The molecule has 0 aliphatic heterocycles. The first kappa shape index (κ1) is 11.2. The molecular weight excluding hydrogens is 196 g/mol. The molecule has 0 amide bonds. The van der Waals surface area contributed by atoms with E-state index >= 15 is 0 Å². The van der Waals surface area contributed by atoms with Crippen LogP contribution < -0.4 is 4.90 Å². The third kappa shape index (κ3) is 1.97. The lowest BCUT2D eigenvalue weighted by Gasteiger charge is -2.39. The molecule has 0 bridgehead atoms. The highest BCUT2D eigenvalue weighted by Crippen LogP contribution is 2.32. The van der Waals surface area contributed by atoms with Crippen LogP contribution in [-0.2, 0) is 0 Å². The lowest BCUT2D eigenvalue weighted by atomic mass is 9.91. The van der Waals surface area contributed by atoms with Crippen molar-refractivity contribution in [1.29, 1.82) is 0 Å². The molecule has 0 atom stereocenters. The summed E-state index contributed by atoms with van der Waals surface area (Å²) in [6.45, 7) is 10.3. The smallest absolute Gasteiger partial charge is 0.136 e. The highest BCUT2D eigenvalue weighted by atomic mass is 15.2. The summed E-state index contributed by atoms with van der Waals surface area (Å²) >= 11 is 0. The Bertz CT molecular complexity index is 405. The zero-order chi connectivity index (χ0) is 11.7. The largest absolute Gasteiger partial charge is 0.328 e. The predicted molar refractivity (Wildman–Crippen MR) is 68.6 cm³/mol. The zero-order valence-electron chi connectivity index (χ0n) is 10.5. The summed E-state index contributed by atoms with van der Waals surface area (Å²) in [7, 11) is 0. The van der Waals surface area contributed by atoms with Crippen LogP contribution in [0.3, 0.4) is 0 Å². The average Bonchev–Trinajstić information content (AvgIpc) is 2.15. The number of allylic oxidation sites excluding steroid dienone is 1. The molecule has 2 heteroatoms. The van der Waals surface area contributed by atoms with Crippen LogP contribution in [0, 0.1) is 13.8 Å². The van der Waals surface area contributed by atoms with Crippen molar-refractivity contribution in [3.8, 4) is 0 Å². The van der Waals surface area contributed by atoms with Gasteiger partial charge in [0.15, 0.2) is 0 Å². The molecule has 2 nitrogen and oxygen atoms in total. The molecular formula is C14H20N2. The Kier molecular flexibility index (Phi) is 2.99. The van der Waals surface area contributed by atoms with Gasteiger partial charge in [0.2, 0.25) is 0 Å². The van der Waals surface area contributed by atoms with Gasteiger partial charge in [-0.15, -0.1) is 0 Å². The van der Waals surface area contributed by atoms with Gasteiger partial charge >= 0.3 is 0 Å². The van der Waals surface area contributed by atoms with Gasteiger partial charge in [-0.05, 0) is 51.7 Å². The molecule has 1 aromatic rings. The molecule has 16 heavy (non-hydrogen) atoms. The molecule has 1 saturated carbocycles. The van der Waals surface area contributed by atoms with Crippen molar-refractivity contribution < 1.29 is 0 Å². The topological polar surface area (TPSA) is 16.1 Å². The number of anilines is 1. The van der Waals surface area contributed by atoms with E-state index < -0.39 is 0 Å². The molecule has 1 heterocycles. The van der Waals surface area contributed by atoms with Crippen molar-refractivity contribution in [2.45, 2.75) is 46.1 Å². The summed E-state index contributed by atoms with van der Waals surface area (Å²) < 4.78 is 0. The van der Waals surface area contributed by atoms with Crippen LogP contribution >= 0.6 is 0 Å². The SMILES string of the molecule is C=C(C)N(c1nc(C)ccc1C)C1CCC1. The van der Waals surface area contributed by atoms with E-state index in [-0.39, 0.29) is 0 Å². The van der Waals surface area contributed by atoms with E-state index in [2.05, 4.69) is 42.4 Å². The van der Waals surface area contributed by atoms with E-state index in [0.717, 1.165) is 17.2 Å². The fourth-order valence-corrected chi connectivity index (χ4v) is 2.17. The van der Waals surface area contributed by atoms with Gasteiger partial charge in [0.05, 0.1) is 0 Å². The number of pyridine rings is 1. The second-order valence-electron chi connectivity index (χ2n) is 4.78. The van der Waals surface area contributed by atoms with Gasteiger partial charge in [0, 0.05) is 17.4 Å². The molecule has 1 aliphatic rings. The van der Waals surface area contributed by atoms with Crippen LogP contribution in [0.5, 0.6) is 0 Å². The Morgan fingerprint density at radius 3 is 2.56 bits per heavy atom. The van der Waals surface area contributed by atoms with Crippen LogP contribution in [0.4, 0.5) is 5.82 Å². The summed E-state index contributed by atoms with van der Waals surface area (Å²) in [5.74, 6) is 1.09. The van der Waals surface area contributed by atoms with Crippen molar-refractivity contribution in [2.75, 3.05) is 4.90 Å². The molecule has 2 rings (SSSR count). The number of aromatic nitrogens is 1. The molecule has 0 saturated heterocycles. The number of nitrogens with zero attached hydrogens (tertiary/aromatic N) is 2. The van der Waals surface area contributed by atoms with Crippen molar-refractivity contribution >= 4 is 5.82 Å². The maximum atomic E-state index is 4.66.